The third-order valence-electron chi connectivity index (χ3n) is 5.01. The molecule has 0 aliphatic heterocycles. The number of nitrogens with zero attached hydrogens (tertiary/aromatic N) is 1. The van der Waals surface area contributed by atoms with E-state index in [4.69, 9.17) is 32.4 Å². The van der Waals surface area contributed by atoms with Gasteiger partial charge in [-0.1, -0.05) is 39.1 Å². The standard InChI is InChI=1S/C23H17BrCl2N2O4/c1-12-20-17(27-28-22(29)13-5-7-14(24)8-6-13)3-2-4-19(20)31-21(12)23(30)32-18-10-9-15(25)11-16(18)26/h5-11H,2-4H2,1H3,(H,28,29)/b27-17+. The van der Waals surface area contributed by atoms with Crippen LogP contribution in [0.4, 0.5) is 0 Å². The van der Waals surface area contributed by atoms with Crippen LogP contribution in [0, 0.1) is 6.92 Å². The molecule has 1 aromatic heterocycles. The maximum Gasteiger partial charge on any atom is 0.379 e. The second kappa shape index (κ2) is 9.48. The quantitative estimate of drug-likeness (QED) is 0.240. The zero-order valence-corrected chi connectivity index (χ0v) is 20.0. The van der Waals surface area contributed by atoms with Crippen molar-refractivity contribution in [2.75, 3.05) is 0 Å². The van der Waals surface area contributed by atoms with E-state index < -0.39 is 5.97 Å². The lowest BCUT2D eigenvalue weighted by atomic mass is 9.93. The normalized spacial score (nSPS) is 14.2. The molecule has 0 saturated heterocycles. The van der Waals surface area contributed by atoms with Crippen molar-refractivity contribution < 1.29 is 18.7 Å². The van der Waals surface area contributed by atoms with Crippen LogP contribution in [-0.2, 0) is 6.42 Å². The number of hydrogen-bond donors (Lipinski definition) is 1. The average molecular weight is 536 g/mol. The number of carbonyl (C=O) groups excluding carboxylic acids is 2. The van der Waals surface area contributed by atoms with Crippen molar-refractivity contribution in [1.82, 2.24) is 5.43 Å². The maximum atomic E-state index is 12.8. The fraction of sp³-hybridized carbons (Fsp3) is 0.174. The number of ether oxygens (including phenoxy) is 1. The second-order valence-electron chi connectivity index (χ2n) is 7.18. The number of nitrogens with one attached hydrogen (secondary N) is 1. The Kier molecular flexibility index (Phi) is 6.69. The number of furan rings is 1. The minimum Gasteiger partial charge on any atom is -0.453 e. The summed E-state index contributed by atoms with van der Waals surface area (Å²) in [7, 11) is 0. The highest BCUT2D eigenvalue weighted by Gasteiger charge is 2.29. The molecule has 0 unspecified atom stereocenters. The predicted octanol–water partition coefficient (Wildman–Crippen LogP) is 6.35. The van der Waals surface area contributed by atoms with Gasteiger partial charge in [-0.2, -0.15) is 5.10 Å². The molecule has 1 heterocycles. The van der Waals surface area contributed by atoms with Crippen molar-refractivity contribution in [3.63, 3.8) is 0 Å². The summed E-state index contributed by atoms with van der Waals surface area (Å²) in [6.45, 7) is 1.76. The molecule has 32 heavy (non-hydrogen) atoms. The first-order valence-corrected chi connectivity index (χ1v) is 11.3. The Labute approximate surface area is 202 Å². The zero-order valence-electron chi connectivity index (χ0n) is 16.9. The fourth-order valence-electron chi connectivity index (χ4n) is 3.46. The van der Waals surface area contributed by atoms with Crippen LogP contribution in [0.5, 0.6) is 5.75 Å². The first kappa shape index (κ1) is 22.6. The first-order chi connectivity index (χ1) is 15.3. The number of amides is 1. The number of rotatable bonds is 4. The number of aryl methyl sites for hydroxylation is 1. The van der Waals surface area contributed by atoms with E-state index in [1.165, 1.54) is 12.1 Å². The monoisotopic (exact) mass is 534 g/mol. The third-order valence-corrected chi connectivity index (χ3v) is 6.07. The molecule has 9 heteroatoms. The van der Waals surface area contributed by atoms with Crippen molar-refractivity contribution in [2.45, 2.75) is 26.2 Å². The molecule has 0 saturated carbocycles. The van der Waals surface area contributed by atoms with Gasteiger partial charge in [-0.05, 0) is 62.2 Å². The molecule has 2 aromatic carbocycles. The van der Waals surface area contributed by atoms with E-state index >= 15 is 0 Å². The number of hydrazone groups is 1. The molecule has 4 rings (SSSR count). The van der Waals surface area contributed by atoms with E-state index in [1.54, 1.807) is 37.3 Å². The third kappa shape index (κ3) is 4.75. The van der Waals surface area contributed by atoms with E-state index in [0.29, 0.717) is 40.5 Å². The Morgan fingerprint density at radius 3 is 2.59 bits per heavy atom. The van der Waals surface area contributed by atoms with Gasteiger partial charge >= 0.3 is 5.97 Å². The van der Waals surface area contributed by atoms with Gasteiger partial charge in [0.15, 0.2) is 0 Å². The van der Waals surface area contributed by atoms with Crippen LogP contribution in [0.15, 0.2) is 56.5 Å². The number of fused-ring (bicyclic) bond motifs is 1. The molecule has 0 atom stereocenters. The summed E-state index contributed by atoms with van der Waals surface area (Å²) in [6.07, 6.45) is 2.08. The van der Waals surface area contributed by atoms with E-state index in [2.05, 4.69) is 26.5 Å². The van der Waals surface area contributed by atoms with Gasteiger partial charge in [0.1, 0.15) is 11.5 Å². The molecule has 0 spiro atoms. The summed E-state index contributed by atoms with van der Waals surface area (Å²) in [5.41, 5.74) is 5.06. The van der Waals surface area contributed by atoms with Crippen molar-refractivity contribution in [3.8, 4) is 5.75 Å². The molecule has 1 aliphatic carbocycles. The van der Waals surface area contributed by atoms with Gasteiger partial charge in [-0.3, -0.25) is 4.79 Å². The van der Waals surface area contributed by atoms with Crippen LogP contribution in [-0.4, -0.2) is 17.6 Å². The van der Waals surface area contributed by atoms with Crippen molar-refractivity contribution in [3.05, 3.63) is 85.2 Å². The van der Waals surface area contributed by atoms with Crippen LogP contribution in [0.25, 0.3) is 0 Å². The molecule has 1 amide bonds. The Morgan fingerprint density at radius 2 is 1.88 bits per heavy atom. The molecule has 3 aromatic rings. The number of carbonyl (C=O) groups is 2. The summed E-state index contributed by atoms with van der Waals surface area (Å²) in [6, 6.07) is 11.6. The van der Waals surface area contributed by atoms with Crippen molar-refractivity contribution in [2.24, 2.45) is 5.10 Å². The molecule has 164 valence electrons. The van der Waals surface area contributed by atoms with Gasteiger partial charge in [0.2, 0.25) is 5.76 Å². The van der Waals surface area contributed by atoms with Gasteiger partial charge < -0.3 is 9.15 Å². The molecule has 1 aliphatic rings. The first-order valence-electron chi connectivity index (χ1n) is 9.76. The molecule has 1 N–H and O–H groups in total. The molecular weight excluding hydrogens is 519 g/mol. The van der Waals surface area contributed by atoms with Crippen molar-refractivity contribution in [1.29, 1.82) is 0 Å². The lowest BCUT2D eigenvalue weighted by molar-refractivity contribution is 0.0698. The maximum absolute atomic E-state index is 12.8. The molecular formula is C23H17BrCl2N2O4. The summed E-state index contributed by atoms with van der Waals surface area (Å²) >= 11 is 15.3. The Bertz CT molecular complexity index is 1240. The molecule has 0 fully saturated rings. The van der Waals surface area contributed by atoms with Crippen LogP contribution in [0.3, 0.4) is 0 Å². The molecule has 6 nitrogen and oxygen atoms in total. The predicted molar refractivity (Wildman–Crippen MR) is 126 cm³/mol. The topological polar surface area (TPSA) is 80.9 Å². The van der Waals surface area contributed by atoms with Gasteiger partial charge in [0.05, 0.1) is 10.7 Å². The van der Waals surface area contributed by atoms with E-state index in [9.17, 15) is 9.59 Å². The summed E-state index contributed by atoms with van der Waals surface area (Å²) in [5.74, 6) is -0.0884. The van der Waals surface area contributed by atoms with Crippen LogP contribution >= 0.6 is 39.1 Å². The van der Waals surface area contributed by atoms with Gasteiger partial charge in [0.25, 0.3) is 5.91 Å². The number of esters is 1. The zero-order chi connectivity index (χ0) is 22.8. The largest absolute Gasteiger partial charge is 0.453 e. The van der Waals surface area contributed by atoms with Crippen LogP contribution in [0.1, 0.15) is 50.6 Å². The number of hydrogen-bond acceptors (Lipinski definition) is 5. The highest BCUT2D eigenvalue weighted by Crippen LogP contribution is 2.32. The fourth-order valence-corrected chi connectivity index (χ4v) is 4.17. The minimum absolute atomic E-state index is 0.0786. The Hall–Kier alpha value is -2.61. The van der Waals surface area contributed by atoms with Crippen LogP contribution in [0.2, 0.25) is 10.0 Å². The lowest BCUT2D eigenvalue weighted by Crippen LogP contribution is -2.22. The number of halogens is 3. The molecule has 0 radical (unpaired) electrons. The van der Waals surface area contributed by atoms with Crippen LogP contribution < -0.4 is 10.2 Å². The van der Waals surface area contributed by atoms with E-state index in [-0.39, 0.29) is 22.4 Å². The Balaban J connectivity index is 1.57. The lowest BCUT2D eigenvalue weighted by Gasteiger charge is -2.13. The van der Waals surface area contributed by atoms with Gasteiger partial charge in [-0.15, -0.1) is 0 Å². The molecule has 0 bridgehead atoms. The smallest absolute Gasteiger partial charge is 0.379 e. The summed E-state index contributed by atoms with van der Waals surface area (Å²) in [4.78, 5) is 25.2. The average Bonchev–Trinajstić information content (AvgIpc) is 3.12. The van der Waals surface area contributed by atoms with E-state index in [0.717, 1.165) is 16.5 Å². The minimum atomic E-state index is -0.667. The van der Waals surface area contributed by atoms with E-state index in [1.807, 2.05) is 0 Å². The SMILES string of the molecule is Cc1c(C(=O)Oc2ccc(Cl)cc2Cl)oc2c1/C(=N/NC(=O)c1ccc(Br)cc1)CCC2. The second-order valence-corrected chi connectivity index (χ2v) is 8.94. The van der Waals surface area contributed by atoms with Gasteiger partial charge in [-0.25, -0.2) is 10.2 Å². The number of benzene rings is 2. The highest BCUT2D eigenvalue weighted by atomic mass is 79.9. The van der Waals surface area contributed by atoms with Crippen molar-refractivity contribution >= 4 is 56.7 Å². The highest BCUT2D eigenvalue weighted by molar-refractivity contribution is 9.10. The summed E-state index contributed by atoms with van der Waals surface area (Å²) < 4.78 is 12.1. The summed E-state index contributed by atoms with van der Waals surface area (Å²) in [5, 5.41) is 4.98. The van der Waals surface area contributed by atoms with Gasteiger partial charge in [0, 0.05) is 32.6 Å². The Morgan fingerprint density at radius 1 is 1.12 bits per heavy atom.